The van der Waals surface area contributed by atoms with Crippen LogP contribution in [0, 0.1) is 5.82 Å². The summed E-state index contributed by atoms with van der Waals surface area (Å²) in [6.45, 7) is 3.62. The second-order valence-corrected chi connectivity index (χ2v) is 7.98. The van der Waals surface area contributed by atoms with E-state index >= 15 is 0 Å². The van der Waals surface area contributed by atoms with Gasteiger partial charge in [-0.05, 0) is 37.1 Å². The summed E-state index contributed by atoms with van der Waals surface area (Å²) in [6.07, 6.45) is 2.57. The van der Waals surface area contributed by atoms with E-state index in [0.717, 1.165) is 37.3 Å². The van der Waals surface area contributed by atoms with Gasteiger partial charge in [0.25, 0.3) is 0 Å². The predicted octanol–water partition coefficient (Wildman–Crippen LogP) is 2.69. The maximum atomic E-state index is 13.1. The number of halogens is 1. The van der Waals surface area contributed by atoms with Crippen LogP contribution in [-0.4, -0.2) is 54.4 Å². The van der Waals surface area contributed by atoms with Crippen molar-refractivity contribution in [2.45, 2.75) is 25.7 Å². The van der Waals surface area contributed by atoms with Crippen LogP contribution in [0.2, 0.25) is 0 Å². The van der Waals surface area contributed by atoms with Gasteiger partial charge in [0.05, 0.1) is 12.1 Å². The molecule has 0 bridgehead atoms. The second-order valence-electron chi connectivity index (χ2n) is 7.14. The first kappa shape index (κ1) is 18.9. The topological polar surface area (TPSA) is 56.8 Å². The highest BCUT2D eigenvalue weighted by Crippen LogP contribution is 2.25. The lowest BCUT2D eigenvalue weighted by molar-refractivity contribution is -0.130. The Hall–Kier alpha value is -2.48. The van der Waals surface area contributed by atoms with Crippen LogP contribution < -0.4 is 9.80 Å². The molecule has 1 aromatic carbocycles. The third kappa shape index (κ3) is 4.16. The maximum Gasteiger partial charge on any atom is 0.228 e. The molecule has 8 heteroatoms. The Kier molecular flexibility index (Phi) is 5.57. The number of thiazole rings is 1. The van der Waals surface area contributed by atoms with Gasteiger partial charge in [-0.1, -0.05) is 0 Å². The van der Waals surface area contributed by atoms with E-state index in [0.29, 0.717) is 31.2 Å². The van der Waals surface area contributed by atoms with E-state index < -0.39 is 0 Å². The molecule has 0 N–H and O–H groups in total. The Morgan fingerprint density at radius 2 is 1.89 bits per heavy atom. The number of anilines is 2. The summed E-state index contributed by atoms with van der Waals surface area (Å²) in [6, 6.07) is 6.49. The third-order valence-electron chi connectivity index (χ3n) is 5.22. The minimum absolute atomic E-state index is 0.0607. The molecule has 2 aliphatic rings. The van der Waals surface area contributed by atoms with Crippen molar-refractivity contribution < 1.29 is 14.0 Å². The van der Waals surface area contributed by atoms with Crippen LogP contribution in [0.4, 0.5) is 15.2 Å². The normalized spacial score (nSPS) is 17.9. The molecular formula is C20H23FN4O2S. The minimum Gasteiger partial charge on any atom is -0.370 e. The second kappa shape index (κ2) is 8.26. The fraction of sp³-hybridized carbons (Fsp3) is 0.450. The Morgan fingerprint density at radius 3 is 2.64 bits per heavy atom. The number of carbonyl (C=O) groups is 2. The van der Waals surface area contributed by atoms with Gasteiger partial charge in [-0.2, -0.15) is 0 Å². The van der Waals surface area contributed by atoms with Gasteiger partial charge in [0.15, 0.2) is 5.13 Å². The third-order valence-corrected chi connectivity index (χ3v) is 6.13. The van der Waals surface area contributed by atoms with E-state index in [-0.39, 0.29) is 24.1 Å². The molecule has 0 spiro atoms. The molecule has 1 aromatic heterocycles. The molecule has 6 nitrogen and oxygen atoms in total. The molecule has 0 unspecified atom stereocenters. The first-order chi connectivity index (χ1) is 13.6. The summed E-state index contributed by atoms with van der Waals surface area (Å²) in [7, 11) is 0. The Balaban J connectivity index is 1.34. The standard InChI is InChI=1S/C20H23FN4O2S/c21-15-4-6-17(7-5-15)23-8-2-9-24(12-11-23)19(27)13-16-14-28-20(22-16)25-10-1-3-18(25)26/h4-7,14H,1-3,8-13H2. The number of amides is 2. The zero-order chi connectivity index (χ0) is 19.5. The van der Waals surface area contributed by atoms with Gasteiger partial charge in [0, 0.05) is 50.2 Å². The van der Waals surface area contributed by atoms with Gasteiger partial charge in [0.2, 0.25) is 11.8 Å². The first-order valence-electron chi connectivity index (χ1n) is 9.63. The van der Waals surface area contributed by atoms with Crippen molar-refractivity contribution in [2.24, 2.45) is 0 Å². The molecule has 2 amide bonds. The zero-order valence-electron chi connectivity index (χ0n) is 15.6. The Labute approximate surface area is 167 Å². The largest absolute Gasteiger partial charge is 0.370 e. The Morgan fingerprint density at radius 1 is 1.07 bits per heavy atom. The molecule has 3 heterocycles. The molecule has 0 saturated carbocycles. The van der Waals surface area contributed by atoms with E-state index in [1.807, 2.05) is 10.3 Å². The summed E-state index contributed by atoms with van der Waals surface area (Å²) in [5.74, 6) is -0.0696. The van der Waals surface area contributed by atoms with Crippen LogP contribution in [0.3, 0.4) is 0 Å². The van der Waals surface area contributed by atoms with Crippen LogP contribution in [0.15, 0.2) is 29.6 Å². The lowest BCUT2D eigenvalue weighted by atomic mass is 10.2. The zero-order valence-corrected chi connectivity index (χ0v) is 16.5. The molecule has 4 rings (SSSR count). The van der Waals surface area contributed by atoms with Crippen LogP contribution in [0.25, 0.3) is 0 Å². The van der Waals surface area contributed by atoms with Gasteiger partial charge >= 0.3 is 0 Å². The summed E-state index contributed by atoms with van der Waals surface area (Å²) in [5, 5.41) is 2.57. The van der Waals surface area contributed by atoms with Gasteiger partial charge in [0.1, 0.15) is 5.82 Å². The van der Waals surface area contributed by atoms with Crippen molar-refractivity contribution in [1.82, 2.24) is 9.88 Å². The van der Waals surface area contributed by atoms with Gasteiger partial charge < -0.3 is 9.80 Å². The van der Waals surface area contributed by atoms with Crippen molar-refractivity contribution in [3.05, 3.63) is 41.2 Å². The van der Waals surface area contributed by atoms with E-state index in [1.54, 1.807) is 17.0 Å². The smallest absolute Gasteiger partial charge is 0.228 e. The van der Waals surface area contributed by atoms with E-state index in [2.05, 4.69) is 9.88 Å². The quantitative estimate of drug-likeness (QED) is 0.789. The average Bonchev–Trinajstić information content (AvgIpc) is 3.24. The molecule has 28 heavy (non-hydrogen) atoms. The number of hydrogen-bond donors (Lipinski definition) is 0. The number of rotatable bonds is 4. The number of hydrogen-bond acceptors (Lipinski definition) is 5. The molecule has 2 saturated heterocycles. The molecule has 148 valence electrons. The van der Waals surface area contributed by atoms with E-state index in [4.69, 9.17) is 0 Å². The average molecular weight is 402 g/mol. The lowest BCUT2D eigenvalue weighted by Crippen LogP contribution is -2.36. The van der Waals surface area contributed by atoms with Crippen LogP contribution in [-0.2, 0) is 16.0 Å². The minimum atomic E-state index is -0.242. The molecule has 2 fully saturated rings. The summed E-state index contributed by atoms with van der Waals surface area (Å²) in [4.78, 5) is 34.9. The number of benzene rings is 1. The summed E-state index contributed by atoms with van der Waals surface area (Å²) in [5.41, 5.74) is 1.71. The Bertz CT molecular complexity index is 854. The number of nitrogens with zero attached hydrogens (tertiary/aromatic N) is 4. The van der Waals surface area contributed by atoms with Crippen LogP contribution in [0.5, 0.6) is 0 Å². The monoisotopic (exact) mass is 402 g/mol. The fourth-order valence-corrected chi connectivity index (χ4v) is 4.56. The highest BCUT2D eigenvalue weighted by molar-refractivity contribution is 7.14. The maximum absolute atomic E-state index is 13.1. The van der Waals surface area contributed by atoms with Crippen LogP contribution in [0.1, 0.15) is 25.0 Å². The fourth-order valence-electron chi connectivity index (χ4n) is 3.70. The summed E-state index contributed by atoms with van der Waals surface area (Å²) < 4.78 is 13.1. The SMILES string of the molecule is O=C(Cc1csc(N2CCCC2=O)n1)N1CCCN(c2ccc(F)cc2)CC1. The van der Waals surface area contributed by atoms with Gasteiger partial charge in [-0.3, -0.25) is 14.5 Å². The van der Waals surface area contributed by atoms with Crippen molar-refractivity contribution in [1.29, 1.82) is 0 Å². The molecular weight excluding hydrogens is 379 g/mol. The van der Waals surface area contributed by atoms with Crippen molar-refractivity contribution in [3.63, 3.8) is 0 Å². The highest BCUT2D eigenvalue weighted by atomic mass is 32.1. The van der Waals surface area contributed by atoms with Gasteiger partial charge in [-0.15, -0.1) is 11.3 Å². The van der Waals surface area contributed by atoms with Crippen LogP contribution >= 0.6 is 11.3 Å². The molecule has 0 aliphatic carbocycles. The molecule has 0 atom stereocenters. The summed E-state index contributed by atoms with van der Waals surface area (Å²) >= 11 is 1.43. The van der Waals surface area contributed by atoms with Crippen molar-refractivity contribution in [3.8, 4) is 0 Å². The molecule has 2 aromatic rings. The molecule has 2 aliphatic heterocycles. The first-order valence-corrected chi connectivity index (χ1v) is 10.5. The number of carbonyl (C=O) groups excluding carboxylic acids is 2. The van der Waals surface area contributed by atoms with E-state index in [1.165, 1.54) is 23.5 Å². The lowest BCUT2D eigenvalue weighted by Gasteiger charge is -2.23. The highest BCUT2D eigenvalue weighted by Gasteiger charge is 2.25. The van der Waals surface area contributed by atoms with E-state index in [9.17, 15) is 14.0 Å². The van der Waals surface area contributed by atoms with Gasteiger partial charge in [-0.25, -0.2) is 9.37 Å². The molecule has 0 radical (unpaired) electrons. The van der Waals surface area contributed by atoms with Crippen molar-refractivity contribution in [2.75, 3.05) is 42.5 Å². The predicted molar refractivity (Wildman–Crippen MR) is 107 cm³/mol. The number of aromatic nitrogens is 1. The van der Waals surface area contributed by atoms with Crippen molar-refractivity contribution >= 4 is 34.0 Å².